The van der Waals surface area contributed by atoms with E-state index in [9.17, 15) is 4.79 Å². The number of rotatable bonds is 8. The minimum absolute atomic E-state index is 0.312. The number of anilines is 1. The van der Waals surface area contributed by atoms with E-state index < -0.39 is 0 Å². The van der Waals surface area contributed by atoms with Gasteiger partial charge in [-0.2, -0.15) is 4.99 Å². The molecule has 0 saturated heterocycles. The van der Waals surface area contributed by atoms with E-state index in [1.165, 1.54) is 6.34 Å². The Bertz CT molecular complexity index is 1170. The van der Waals surface area contributed by atoms with Crippen molar-refractivity contribution >= 4 is 33.9 Å². The van der Waals surface area contributed by atoms with Gasteiger partial charge in [0.25, 0.3) is 5.91 Å². The third-order valence-electron chi connectivity index (χ3n) is 4.85. The van der Waals surface area contributed by atoms with Crippen molar-refractivity contribution < 1.29 is 4.79 Å². The molecule has 0 spiro atoms. The number of imidazole rings is 1. The van der Waals surface area contributed by atoms with E-state index >= 15 is 0 Å². The Kier molecular flexibility index (Phi) is 7.22. The predicted octanol–water partition coefficient (Wildman–Crippen LogP) is 5.26. The largest absolute Gasteiger partial charge is 0.348 e. The molecule has 4 rings (SSSR count). The van der Waals surface area contributed by atoms with Crippen molar-refractivity contribution in [2.75, 3.05) is 11.6 Å². The number of H-pyrrole nitrogens is 1. The lowest BCUT2D eigenvalue weighted by Gasteiger charge is -2.21. The smallest absolute Gasteiger partial charge is 0.278 e. The number of hydrogen-bond acceptors (Lipinski definition) is 3. The normalized spacial score (nSPS) is 11.0. The van der Waals surface area contributed by atoms with E-state index in [4.69, 9.17) is 0 Å². The third-order valence-corrected chi connectivity index (χ3v) is 5.34. The van der Waals surface area contributed by atoms with E-state index in [0.29, 0.717) is 12.1 Å². The monoisotopic (exact) mass is 487 g/mol. The number of amides is 1. The number of aromatic amines is 1. The molecule has 3 aromatic carbocycles. The first kappa shape index (κ1) is 21.7. The van der Waals surface area contributed by atoms with Crippen LogP contribution in [0.1, 0.15) is 16.1 Å². The van der Waals surface area contributed by atoms with Crippen LogP contribution in [0.5, 0.6) is 0 Å². The van der Waals surface area contributed by atoms with E-state index in [1.54, 1.807) is 29.7 Å². The van der Waals surface area contributed by atoms with Gasteiger partial charge < -0.3 is 4.98 Å². The maximum Gasteiger partial charge on any atom is 0.278 e. The van der Waals surface area contributed by atoms with Crippen LogP contribution < -0.4 is 10.4 Å². The number of hydrazine groups is 1. The molecule has 6 nitrogen and oxygen atoms in total. The van der Waals surface area contributed by atoms with Crippen LogP contribution in [0.2, 0.25) is 0 Å². The molecule has 1 aromatic heterocycles. The van der Waals surface area contributed by atoms with Crippen molar-refractivity contribution in [1.82, 2.24) is 15.4 Å². The number of aromatic nitrogens is 2. The van der Waals surface area contributed by atoms with E-state index in [0.717, 1.165) is 33.4 Å². The van der Waals surface area contributed by atoms with Crippen LogP contribution in [0, 0.1) is 0 Å². The Morgan fingerprint density at radius 3 is 2.53 bits per heavy atom. The summed E-state index contributed by atoms with van der Waals surface area (Å²) < 4.78 is 0.838. The second-order valence-corrected chi connectivity index (χ2v) is 7.99. The summed E-state index contributed by atoms with van der Waals surface area (Å²) >= 11 is 3.39. The molecule has 0 bridgehead atoms. The van der Waals surface area contributed by atoms with Gasteiger partial charge in [0, 0.05) is 34.9 Å². The lowest BCUT2D eigenvalue weighted by Crippen LogP contribution is -2.38. The molecule has 160 valence electrons. The second-order valence-electron chi connectivity index (χ2n) is 7.08. The van der Waals surface area contributed by atoms with E-state index in [-0.39, 0.29) is 5.91 Å². The summed E-state index contributed by atoms with van der Waals surface area (Å²) in [5, 5.41) is 1.76. The molecule has 1 heterocycles. The van der Waals surface area contributed by atoms with Crippen LogP contribution in [0.4, 0.5) is 5.69 Å². The van der Waals surface area contributed by atoms with Gasteiger partial charge in [-0.05, 0) is 41.5 Å². The van der Waals surface area contributed by atoms with Gasteiger partial charge in [-0.25, -0.2) is 10.4 Å². The summed E-state index contributed by atoms with van der Waals surface area (Å²) in [7, 11) is 0. The van der Waals surface area contributed by atoms with Crippen molar-refractivity contribution in [3.63, 3.8) is 0 Å². The van der Waals surface area contributed by atoms with Gasteiger partial charge in [0.05, 0.1) is 12.0 Å². The molecule has 0 radical (unpaired) electrons. The molecule has 0 aliphatic rings. The van der Waals surface area contributed by atoms with Crippen LogP contribution in [0.25, 0.3) is 11.1 Å². The number of hydrogen-bond donors (Lipinski definition) is 2. The number of halogens is 1. The Morgan fingerprint density at radius 1 is 1.03 bits per heavy atom. The van der Waals surface area contributed by atoms with Crippen molar-refractivity contribution in [1.29, 1.82) is 0 Å². The minimum Gasteiger partial charge on any atom is -0.348 e. The molecular formula is C25H22BrN5O. The van der Waals surface area contributed by atoms with Gasteiger partial charge in [-0.15, -0.1) is 0 Å². The quantitative estimate of drug-likeness (QED) is 0.202. The number of nitrogens with zero attached hydrogens (tertiary/aromatic N) is 3. The van der Waals surface area contributed by atoms with Gasteiger partial charge in [0.2, 0.25) is 0 Å². The third kappa shape index (κ3) is 5.78. The summed E-state index contributed by atoms with van der Waals surface area (Å²) in [6.07, 6.45) is 5.73. The summed E-state index contributed by atoms with van der Waals surface area (Å²) in [6.45, 7) is 0.639. The zero-order valence-electron chi connectivity index (χ0n) is 17.3. The van der Waals surface area contributed by atoms with Gasteiger partial charge in [0.15, 0.2) is 0 Å². The fourth-order valence-corrected chi connectivity index (χ4v) is 3.58. The fraction of sp³-hybridized carbons (Fsp3) is 0.0800. The number of carbonyl (C=O) groups excluding carboxylic acids is 1. The molecule has 4 aromatic rings. The Balaban J connectivity index is 1.51. The summed E-state index contributed by atoms with van der Waals surface area (Å²) in [6, 6.07) is 25.5. The summed E-state index contributed by atoms with van der Waals surface area (Å²) in [5.41, 5.74) is 8.02. The Labute approximate surface area is 195 Å². The molecule has 0 fully saturated rings. The molecule has 0 atom stereocenters. The maximum absolute atomic E-state index is 12.5. The van der Waals surface area contributed by atoms with Gasteiger partial charge in [-0.1, -0.05) is 64.5 Å². The molecule has 0 saturated carbocycles. The molecular weight excluding hydrogens is 466 g/mol. The van der Waals surface area contributed by atoms with Crippen molar-refractivity contribution in [3.8, 4) is 11.1 Å². The summed E-state index contributed by atoms with van der Waals surface area (Å²) in [4.78, 5) is 23.8. The van der Waals surface area contributed by atoms with E-state index in [1.807, 2.05) is 42.5 Å². The van der Waals surface area contributed by atoms with Gasteiger partial charge in [-0.3, -0.25) is 9.80 Å². The average Bonchev–Trinajstić information content (AvgIpc) is 3.35. The zero-order chi connectivity index (χ0) is 22.2. The first-order chi connectivity index (χ1) is 15.7. The van der Waals surface area contributed by atoms with Gasteiger partial charge >= 0.3 is 0 Å². The molecule has 0 aliphatic carbocycles. The standard InChI is InChI=1S/C25H22BrN5O/c26-22-8-4-7-21(15-22)25(32)29-18-31(30-14-13-23-16-27-17-28-23)24-11-9-20(10-12-24)19-5-2-1-3-6-19/h1-12,15-18,30H,13-14H2,(H,27,28). The average molecular weight is 488 g/mol. The molecule has 2 N–H and O–H groups in total. The molecule has 0 unspecified atom stereocenters. The lowest BCUT2D eigenvalue weighted by atomic mass is 10.1. The maximum atomic E-state index is 12.5. The van der Waals surface area contributed by atoms with Gasteiger partial charge in [0.1, 0.15) is 6.34 Å². The molecule has 1 amide bonds. The van der Waals surface area contributed by atoms with Crippen LogP contribution in [0.15, 0.2) is 101 Å². The fourth-order valence-electron chi connectivity index (χ4n) is 3.18. The molecule has 7 heteroatoms. The molecule has 32 heavy (non-hydrogen) atoms. The lowest BCUT2D eigenvalue weighted by molar-refractivity contribution is 0.100. The summed E-state index contributed by atoms with van der Waals surface area (Å²) in [5.74, 6) is -0.312. The van der Waals surface area contributed by atoms with Crippen LogP contribution in [0.3, 0.4) is 0 Å². The Hall–Kier alpha value is -3.55. The van der Waals surface area contributed by atoms with E-state index in [2.05, 4.69) is 60.6 Å². The first-order valence-electron chi connectivity index (χ1n) is 10.2. The number of aliphatic imine (C=N–C) groups is 1. The van der Waals surface area contributed by atoms with Crippen molar-refractivity contribution in [2.24, 2.45) is 4.99 Å². The predicted molar refractivity (Wildman–Crippen MR) is 132 cm³/mol. The van der Waals surface area contributed by atoms with Crippen molar-refractivity contribution in [2.45, 2.75) is 6.42 Å². The number of carbonyl (C=O) groups is 1. The van der Waals surface area contributed by atoms with Crippen LogP contribution >= 0.6 is 15.9 Å². The highest BCUT2D eigenvalue weighted by Crippen LogP contribution is 2.22. The minimum atomic E-state index is -0.312. The molecule has 0 aliphatic heterocycles. The van der Waals surface area contributed by atoms with Crippen LogP contribution in [-0.2, 0) is 6.42 Å². The highest BCUT2D eigenvalue weighted by Gasteiger charge is 2.08. The zero-order valence-corrected chi connectivity index (χ0v) is 18.9. The number of benzene rings is 3. The second kappa shape index (κ2) is 10.7. The topological polar surface area (TPSA) is 73.4 Å². The first-order valence-corrected chi connectivity index (χ1v) is 11.0. The SMILES string of the molecule is O=C(N=CN(NCCc1cnc[nH]1)c1ccc(-c2ccccc2)cc1)c1cccc(Br)c1. The van der Waals surface area contributed by atoms with Crippen LogP contribution in [-0.4, -0.2) is 28.8 Å². The Morgan fingerprint density at radius 2 is 1.81 bits per heavy atom. The van der Waals surface area contributed by atoms with Crippen molar-refractivity contribution in [3.05, 3.63) is 107 Å². The number of nitrogens with one attached hydrogen (secondary N) is 2. The highest BCUT2D eigenvalue weighted by molar-refractivity contribution is 9.10. The highest BCUT2D eigenvalue weighted by atomic mass is 79.9.